The summed E-state index contributed by atoms with van der Waals surface area (Å²) in [5.74, 6) is 0.127. The number of hydrogen-bond donors (Lipinski definition) is 0. The average Bonchev–Trinajstić information content (AvgIpc) is 2.98. The van der Waals surface area contributed by atoms with Crippen molar-refractivity contribution in [3.8, 4) is 5.75 Å². The molecule has 0 spiro atoms. The van der Waals surface area contributed by atoms with Gasteiger partial charge >= 0.3 is 0 Å². The minimum atomic E-state index is -0.325. The van der Waals surface area contributed by atoms with Crippen molar-refractivity contribution in [2.75, 3.05) is 7.05 Å². The van der Waals surface area contributed by atoms with Crippen LogP contribution >= 0.6 is 0 Å². The Morgan fingerprint density at radius 1 is 0.926 bits per heavy atom. The van der Waals surface area contributed by atoms with Gasteiger partial charge in [0.05, 0.1) is 12.1 Å². The second-order valence-corrected chi connectivity index (χ2v) is 6.69. The Morgan fingerprint density at radius 3 is 2.33 bits per heavy atom. The number of benzene rings is 3. The van der Waals surface area contributed by atoms with Gasteiger partial charge in [-0.15, -0.1) is 0 Å². The predicted molar refractivity (Wildman–Crippen MR) is 105 cm³/mol. The maximum absolute atomic E-state index is 13.5. The van der Waals surface area contributed by atoms with Crippen LogP contribution in [0.15, 0.2) is 89.9 Å². The third-order valence-corrected chi connectivity index (χ3v) is 4.79. The lowest BCUT2D eigenvalue weighted by atomic mass is 9.94. The first kappa shape index (κ1) is 17.3. The van der Waals surface area contributed by atoms with E-state index in [9.17, 15) is 4.39 Å². The number of likely N-dealkylation sites (N-methyl/N-ethyl adjacent to an activating group) is 1. The predicted octanol–water partition coefficient (Wildman–Crippen LogP) is 4.86. The highest BCUT2D eigenvalue weighted by molar-refractivity contribution is 5.79. The van der Waals surface area contributed by atoms with E-state index in [1.54, 1.807) is 12.1 Å². The van der Waals surface area contributed by atoms with Gasteiger partial charge in [-0.1, -0.05) is 66.7 Å². The van der Waals surface area contributed by atoms with Gasteiger partial charge in [-0.05, 0) is 29.7 Å². The van der Waals surface area contributed by atoms with Crippen molar-refractivity contribution >= 4 is 6.02 Å². The molecule has 0 aliphatic carbocycles. The molecule has 1 heterocycles. The molecule has 0 saturated carbocycles. The van der Waals surface area contributed by atoms with E-state index in [1.807, 2.05) is 48.3 Å². The number of amidine groups is 1. The highest BCUT2D eigenvalue weighted by Gasteiger charge is 2.36. The van der Waals surface area contributed by atoms with Crippen LogP contribution in [-0.4, -0.2) is 24.0 Å². The minimum Gasteiger partial charge on any atom is -0.426 e. The molecule has 0 fully saturated rings. The summed E-state index contributed by atoms with van der Waals surface area (Å²) in [6.45, 7) is 0. The molecule has 2 atom stereocenters. The van der Waals surface area contributed by atoms with E-state index in [1.165, 1.54) is 23.3 Å². The largest absolute Gasteiger partial charge is 0.426 e. The zero-order valence-electron chi connectivity index (χ0n) is 15.1. The third-order valence-electron chi connectivity index (χ3n) is 4.79. The molecule has 1 aliphatic rings. The zero-order chi connectivity index (χ0) is 18.6. The molecule has 0 amide bonds. The minimum absolute atomic E-state index is 0.0170. The molecule has 136 valence electrons. The maximum atomic E-state index is 13.5. The molecule has 4 rings (SSSR count). The van der Waals surface area contributed by atoms with E-state index < -0.39 is 0 Å². The monoisotopic (exact) mass is 360 g/mol. The summed E-state index contributed by atoms with van der Waals surface area (Å²) < 4.78 is 19.4. The Kier molecular flexibility index (Phi) is 4.88. The molecule has 0 radical (unpaired) electrons. The van der Waals surface area contributed by atoms with Crippen molar-refractivity contribution in [1.29, 1.82) is 0 Å². The molecular weight excluding hydrogens is 339 g/mol. The van der Waals surface area contributed by atoms with Gasteiger partial charge in [0.25, 0.3) is 6.02 Å². The van der Waals surface area contributed by atoms with Crippen molar-refractivity contribution in [1.82, 2.24) is 4.90 Å². The number of nitrogens with zero attached hydrogens (tertiary/aromatic N) is 2. The summed E-state index contributed by atoms with van der Waals surface area (Å²) in [5.41, 5.74) is 2.41. The lowest BCUT2D eigenvalue weighted by molar-refractivity contribution is 0.319. The Labute approximate surface area is 158 Å². The van der Waals surface area contributed by atoms with E-state index in [2.05, 4.69) is 24.3 Å². The standard InChI is InChI=1S/C23H21FN2O/c1-26-22(18-11-6-3-7-12-18)21(15-17-9-4-2-5-10-17)25-23(26)27-20-14-8-13-19(24)16-20/h2-14,16,21-22H,15H2,1H3. The van der Waals surface area contributed by atoms with Crippen LogP contribution in [-0.2, 0) is 6.42 Å². The topological polar surface area (TPSA) is 24.8 Å². The molecule has 0 bridgehead atoms. The van der Waals surface area contributed by atoms with Crippen LogP contribution in [0.5, 0.6) is 5.75 Å². The maximum Gasteiger partial charge on any atom is 0.293 e. The van der Waals surface area contributed by atoms with E-state index in [0.29, 0.717) is 11.8 Å². The van der Waals surface area contributed by atoms with E-state index in [0.717, 1.165) is 6.42 Å². The van der Waals surface area contributed by atoms with E-state index >= 15 is 0 Å². The van der Waals surface area contributed by atoms with E-state index in [-0.39, 0.29) is 17.9 Å². The summed E-state index contributed by atoms with van der Waals surface area (Å²) in [4.78, 5) is 6.88. The summed E-state index contributed by atoms with van der Waals surface area (Å²) in [7, 11) is 1.97. The average molecular weight is 360 g/mol. The van der Waals surface area contributed by atoms with Crippen LogP contribution in [0.25, 0.3) is 0 Å². The number of halogens is 1. The van der Waals surface area contributed by atoms with Crippen molar-refractivity contribution in [3.63, 3.8) is 0 Å². The fraction of sp³-hybridized carbons (Fsp3) is 0.174. The molecule has 0 N–H and O–H groups in total. The van der Waals surface area contributed by atoms with Gasteiger partial charge in [-0.25, -0.2) is 9.38 Å². The smallest absolute Gasteiger partial charge is 0.293 e. The molecule has 0 saturated heterocycles. The lowest BCUT2D eigenvalue weighted by Gasteiger charge is -2.26. The molecule has 3 aromatic rings. The van der Waals surface area contributed by atoms with Crippen LogP contribution in [0.1, 0.15) is 17.2 Å². The quantitative estimate of drug-likeness (QED) is 0.664. The Hall–Kier alpha value is -3.14. The lowest BCUT2D eigenvalue weighted by Crippen LogP contribution is -2.32. The normalized spacial score (nSPS) is 19.0. The summed E-state index contributed by atoms with van der Waals surface area (Å²) >= 11 is 0. The second-order valence-electron chi connectivity index (χ2n) is 6.69. The zero-order valence-corrected chi connectivity index (χ0v) is 15.1. The SMILES string of the molecule is CN1C(Oc2cccc(F)c2)=NC(Cc2ccccc2)C1c1ccccc1. The van der Waals surface area contributed by atoms with Crippen molar-refractivity contribution in [2.24, 2.45) is 4.99 Å². The highest BCUT2D eigenvalue weighted by atomic mass is 19.1. The molecule has 4 heteroatoms. The van der Waals surface area contributed by atoms with Crippen LogP contribution in [0.3, 0.4) is 0 Å². The molecular formula is C23H21FN2O. The van der Waals surface area contributed by atoms with Crippen LogP contribution in [0.2, 0.25) is 0 Å². The molecule has 2 unspecified atom stereocenters. The fourth-order valence-corrected chi connectivity index (χ4v) is 3.52. The Balaban J connectivity index is 1.64. The van der Waals surface area contributed by atoms with Crippen molar-refractivity contribution in [2.45, 2.75) is 18.5 Å². The summed E-state index contributed by atoms with van der Waals surface area (Å²) in [5, 5.41) is 0. The first-order valence-corrected chi connectivity index (χ1v) is 9.03. The highest BCUT2D eigenvalue weighted by Crippen LogP contribution is 2.33. The Bertz CT molecular complexity index is 927. The Morgan fingerprint density at radius 2 is 1.63 bits per heavy atom. The second kappa shape index (κ2) is 7.62. The van der Waals surface area contributed by atoms with Gasteiger partial charge in [0.15, 0.2) is 0 Å². The molecule has 3 nitrogen and oxygen atoms in total. The third kappa shape index (κ3) is 3.85. The number of hydrogen-bond acceptors (Lipinski definition) is 3. The first-order valence-electron chi connectivity index (χ1n) is 9.03. The molecule has 0 aromatic heterocycles. The van der Waals surface area contributed by atoms with Crippen LogP contribution in [0, 0.1) is 5.82 Å². The molecule has 3 aromatic carbocycles. The van der Waals surface area contributed by atoms with Gasteiger partial charge in [-0.2, -0.15) is 0 Å². The molecule has 1 aliphatic heterocycles. The van der Waals surface area contributed by atoms with Gasteiger partial charge in [-0.3, -0.25) is 0 Å². The van der Waals surface area contributed by atoms with Gasteiger partial charge < -0.3 is 9.64 Å². The van der Waals surface area contributed by atoms with E-state index in [4.69, 9.17) is 9.73 Å². The summed E-state index contributed by atoms with van der Waals surface area (Å²) in [6.07, 6.45) is 0.806. The molecule has 27 heavy (non-hydrogen) atoms. The van der Waals surface area contributed by atoms with Crippen molar-refractivity contribution in [3.05, 3.63) is 102 Å². The first-order chi connectivity index (χ1) is 13.2. The van der Waals surface area contributed by atoms with Crippen LogP contribution in [0.4, 0.5) is 4.39 Å². The van der Waals surface area contributed by atoms with Gasteiger partial charge in [0.1, 0.15) is 11.6 Å². The number of aliphatic imine (C=N–C) groups is 1. The van der Waals surface area contributed by atoms with Gasteiger partial charge in [0.2, 0.25) is 0 Å². The van der Waals surface area contributed by atoms with Gasteiger partial charge in [0, 0.05) is 13.1 Å². The number of ether oxygens (including phenoxy) is 1. The summed E-state index contributed by atoms with van der Waals surface area (Å²) in [6, 6.07) is 27.4. The van der Waals surface area contributed by atoms with Crippen LogP contribution < -0.4 is 4.74 Å². The van der Waals surface area contributed by atoms with Crippen molar-refractivity contribution < 1.29 is 9.13 Å². The number of rotatable bonds is 4. The fourth-order valence-electron chi connectivity index (χ4n) is 3.52.